The van der Waals surface area contributed by atoms with Gasteiger partial charge in [-0.1, -0.05) is 30.4 Å². The van der Waals surface area contributed by atoms with E-state index in [0.29, 0.717) is 11.6 Å². The predicted octanol–water partition coefficient (Wildman–Crippen LogP) is 3.02. The lowest BCUT2D eigenvalue weighted by molar-refractivity contribution is 0.0282. The number of carbonyl (C=O) groups excluding carboxylic acids is 1. The van der Waals surface area contributed by atoms with Crippen LogP contribution in [-0.2, 0) is 4.74 Å². The third-order valence-electron chi connectivity index (χ3n) is 3.92. The van der Waals surface area contributed by atoms with Gasteiger partial charge in [0, 0.05) is 23.1 Å². The molecule has 0 radical (unpaired) electrons. The minimum atomic E-state index is -0.284. The van der Waals surface area contributed by atoms with Crippen LogP contribution in [0.5, 0.6) is 0 Å². The molecule has 0 saturated heterocycles. The van der Waals surface area contributed by atoms with E-state index in [4.69, 9.17) is 4.74 Å². The van der Waals surface area contributed by atoms with Gasteiger partial charge in [-0.15, -0.1) is 0 Å². The molecule has 0 fully saturated rings. The van der Waals surface area contributed by atoms with Crippen molar-refractivity contribution in [2.75, 3.05) is 0 Å². The zero-order chi connectivity index (χ0) is 14.8. The van der Waals surface area contributed by atoms with E-state index in [2.05, 4.69) is 29.4 Å². The van der Waals surface area contributed by atoms with Crippen molar-refractivity contribution in [1.82, 2.24) is 10.3 Å². The van der Waals surface area contributed by atoms with Crippen molar-refractivity contribution >= 4 is 16.9 Å². The van der Waals surface area contributed by atoms with Crippen molar-refractivity contribution in [2.24, 2.45) is 0 Å². The predicted molar refractivity (Wildman–Crippen MR) is 83.3 cm³/mol. The lowest BCUT2D eigenvalue weighted by atomic mass is 10.0. The van der Waals surface area contributed by atoms with Crippen molar-refractivity contribution in [3.05, 3.63) is 48.2 Å². The molecular formula is C17H20N2O2. The zero-order valence-corrected chi connectivity index (χ0v) is 12.3. The summed E-state index contributed by atoms with van der Waals surface area (Å²) in [5, 5.41) is 4.33. The summed E-state index contributed by atoms with van der Waals surface area (Å²) in [4.78, 5) is 15.5. The van der Waals surface area contributed by atoms with Gasteiger partial charge in [0.15, 0.2) is 0 Å². The van der Waals surface area contributed by atoms with E-state index in [1.807, 2.05) is 31.2 Å². The lowest BCUT2D eigenvalue weighted by Crippen LogP contribution is -2.45. The van der Waals surface area contributed by atoms with E-state index in [1.165, 1.54) is 0 Å². The summed E-state index contributed by atoms with van der Waals surface area (Å²) in [7, 11) is 0. The van der Waals surface area contributed by atoms with Gasteiger partial charge in [-0.05, 0) is 26.3 Å². The number of esters is 1. The van der Waals surface area contributed by atoms with Gasteiger partial charge in [-0.3, -0.25) is 0 Å². The summed E-state index contributed by atoms with van der Waals surface area (Å²) < 4.78 is 5.62. The van der Waals surface area contributed by atoms with E-state index in [1.54, 1.807) is 6.20 Å². The molecule has 110 valence electrons. The van der Waals surface area contributed by atoms with Gasteiger partial charge in [-0.2, -0.15) is 0 Å². The number of hydrogen-bond acceptors (Lipinski definition) is 3. The monoisotopic (exact) mass is 284 g/mol. The van der Waals surface area contributed by atoms with E-state index in [9.17, 15) is 4.79 Å². The summed E-state index contributed by atoms with van der Waals surface area (Å²) in [6.07, 6.45) is 6.74. The van der Waals surface area contributed by atoms with Gasteiger partial charge < -0.3 is 15.0 Å². The maximum atomic E-state index is 12.4. The van der Waals surface area contributed by atoms with Crippen LogP contribution in [0, 0.1) is 0 Å². The zero-order valence-electron chi connectivity index (χ0n) is 12.3. The Morgan fingerprint density at radius 2 is 2.19 bits per heavy atom. The molecule has 0 bridgehead atoms. The number of nitrogens with one attached hydrogen (secondary N) is 2. The smallest absolute Gasteiger partial charge is 0.340 e. The number of H-pyrrole nitrogens is 1. The third kappa shape index (κ3) is 2.85. The number of aromatic amines is 1. The number of rotatable bonds is 3. The molecule has 4 heteroatoms. The van der Waals surface area contributed by atoms with E-state index in [0.717, 1.165) is 17.3 Å². The average Bonchev–Trinajstić information content (AvgIpc) is 2.91. The number of hydrogen-bond donors (Lipinski definition) is 2. The molecule has 3 rings (SSSR count). The number of benzene rings is 1. The molecule has 2 N–H and O–H groups in total. The SMILES string of the molecule is CC1CC=CC(C(C)OC(=O)c2c[nH]c3ccccc23)N1. The van der Waals surface area contributed by atoms with Crippen molar-refractivity contribution in [1.29, 1.82) is 0 Å². The summed E-state index contributed by atoms with van der Waals surface area (Å²) in [5.74, 6) is -0.284. The Bertz CT molecular complexity index is 674. The number of fused-ring (bicyclic) bond motifs is 1. The Kier molecular flexibility index (Phi) is 3.80. The highest BCUT2D eigenvalue weighted by molar-refractivity contribution is 6.04. The molecular weight excluding hydrogens is 264 g/mol. The summed E-state index contributed by atoms with van der Waals surface area (Å²) in [6.45, 7) is 4.05. The first-order valence-electron chi connectivity index (χ1n) is 7.35. The Hall–Kier alpha value is -2.07. The van der Waals surface area contributed by atoms with Gasteiger partial charge in [-0.25, -0.2) is 4.79 Å². The Balaban J connectivity index is 1.74. The molecule has 3 atom stereocenters. The maximum absolute atomic E-state index is 12.4. The lowest BCUT2D eigenvalue weighted by Gasteiger charge is -2.28. The highest BCUT2D eigenvalue weighted by Gasteiger charge is 2.24. The molecule has 1 aromatic heterocycles. The fourth-order valence-electron chi connectivity index (χ4n) is 2.72. The van der Waals surface area contributed by atoms with Crippen LogP contribution in [0.25, 0.3) is 10.9 Å². The Morgan fingerprint density at radius 3 is 3.00 bits per heavy atom. The van der Waals surface area contributed by atoms with Crippen molar-refractivity contribution < 1.29 is 9.53 Å². The topological polar surface area (TPSA) is 54.1 Å². The number of aromatic nitrogens is 1. The molecule has 1 aliphatic heterocycles. The second-order valence-corrected chi connectivity index (χ2v) is 5.62. The van der Waals surface area contributed by atoms with Crippen LogP contribution in [0.15, 0.2) is 42.6 Å². The van der Waals surface area contributed by atoms with Crippen molar-refractivity contribution in [3.8, 4) is 0 Å². The van der Waals surface area contributed by atoms with Crippen LogP contribution in [0.3, 0.4) is 0 Å². The van der Waals surface area contributed by atoms with E-state index in [-0.39, 0.29) is 18.1 Å². The van der Waals surface area contributed by atoms with Crippen molar-refractivity contribution in [3.63, 3.8) is 0 Å². The maximum Gasteiger partial charge on any atom is 0.340 e. The van der Waals surface area contributed by atoms with Crippen LogP contribution in [0.4, 0.5) is 0 Å². The minimum absolute atomic E-state index is 0.0721. The molecule has 2 aromatic rings. The number of carbonyl (C=O) groups is 1. The Morgan fingerprint density at radius 1 is 1.38 bits per heavy atom. The average molecular weight is 284 g/mol. The molecule has 0 spiro atoms. The van der Waals surface area contributed by atoms with Crippen LogP contribution < -0.4 is 5.32 Å². The van der Waals surface area contributed by atoms with Gasteiger partial charge in [0.2, 0.25) is 0 Å². The molecule has 1 aliphatic rings. The van der Waals surface area contributed by atoms with Crippen LogP contribution in [0.1, 0.15) is 30.6 Å². The highest BCUT2D eigenvalue weighted by atomic mass is 16.5. The van der Waals surface area contributed by atoms with Gasteiger partial charge in [0.1, 0.15) is 6.10 Å². The van der Waals surface area contributed by atoms with Crippen molar-refractivity contribution in [2.45, 2.75) is 38.5 Å². The largest absolute Gasteiger partial charge is 0.457 e. The second kappa shape index (κ2) is 5.74. The standard InChI is InChI=1S/C17H20N2O2/c1-11-6-5-9-15(19-11)12(2)21-17(20)14-10-18-16-8-4-3-7-13(14)16/h3-5,7-12,15,18-19H,6H2,1-2H3. The molecule has 21 heavy (non-hydrogen) atoms. The molecule has 2 heterocycles. The van der Waals surface area contributed by atoms with E-state index < -0.39 is 0 Å². The van der Waals surface area contributed by atoms with Gasteiger partial charge >= 0.3 is 5.97 Å². The van der Waals surface area contributed by atoms with Gasteiger partial charge in [0.25, 0.3) is 0 Å². The summed E-state index contributed by atoms with van der Waals surface area (Å²) in [6, 6.07) is 8.21. The molecule has 1 aromatic carbocycles. The molecule has 0 amide bonds. The molecule has 3 unspecified atom stereocenters. The van der Waals surface area contributed by atoms with Crippen LogP contribution in [-0.4, -0.2) is 29.1 Å². The minimum Gasteiger partial charge on any atom is -0.457 e. The molecule has 0 saturated carbocycles. The van der Waals surface area contributed by atoms with Crippen LogP contribution in [0.2, 0.25) is 0 Å². The quantitative estimate of drug-likeness (QED) is 0.673. The molecule has 4 nitrogen and oxygen atoms in total. The fraction of sp³-hybridized carbons (Fsp3) is 0.353. The van der Waals surface area contributed by atoms with Gasteiger partial charge in [0.05, 0.1) is 11.6 Å². The first kappa shape index (κ1) is 13.9. The normalized spacial score (nSPS) is 23.1. The highest BCUT2D eigenvalue weighted by Crippen LogP contribution is 2.20. The molecule has 0 aliphatic carbocycles. The Labute approximate surface area is 124 Å². The summed E-state index contributed by atoms with van der Waals surface area (Å²) in [5.41, 5.74) is 1.53. The van der Waals surface area contributed by atoms with Crippen LogP contribution >= 0.6 is 0 Å². The number of para-hydroxylation sites is 1. The first-order valence-corrected chi connectivity index (χ1v) is 7.35. The number of ether oxygens (including phenoxy) is 1. The summed E-state index contributed by atoms with van der Waals surface area (Å²) >= 11 is 0. The fourth-order valence-corrected chi connectivity index (χ4v) is 2.72. The first-order chi connectivity index (χ1) is 10.1. The third-order valence-corrected chi connectivity index (χ3v) is 3.92. The van der Waals surface area contributed by atoms with E-state index >= 15 is 0 Å². The second-order valence-electron chi connectivity index (χ2n) is 5.62.